The fourth-order valence-corrected chi connectivity index (χ4v) is 2.75. The molecule has 1 saturated heterocycles. The van der Waals surface area contributed by atoms with Crippen molar-refractivity contribution in [1.29, 1.82) is 0 Å². The predicted octanol–water partition coefficient (Wildman–Crippen LogP) is 3.46. The van der Waals surface area contributed by atoms with E-state index in [-0.39, 0.29) is 34.2 Å². The molecular weight excluding hydrogens is 388 g/mol. The van der Waals surface area contributed by atoms with Crippen LogP contribution in [0.3, 0.4) is 0 Å². The van der Waals surface area contributed by atoms with Crippen LogP contribution < -0.4 is 20.1 Å². The lowest BCUT2D eigenvalue weighted by atomic mass is 10.2. The van der Waals surface area contributed by atoms with Gasteiger partial charge in [-0.1, -0.05) is 23.2 Å². The molecule has 0 bridgehead atoms. The highest BCUT2D eigenvalue weighted by atomic mass is 35.5. The van der Waals surface area contributed by atoms with Crippen molar-refractivity contribution >= 4 is 29.2 Å². The van der Waals surface area contributed by atoms with Crippen LogP contribution in [0.25, 0.3) is 0 Å². The number of halogens is 5. The van der Waals surface area contributed by atoms with Crippen molar-refractivity contribution in [2.45, 2.75) is 31.0 Å². The first-order valence-electron chi connectivity index (χ1n) is 7.31. The van der Waals surface area contributed by atoms with Crippen molar-refractivity contribution in [2.24, 2.45) is 0 Å². The molecule has 25 heavy (non-hydrogen) atoms. The number of nitrogens with one attached hydrogen (secondary N) is 2. The Labute approximate surface area is 150 Å². The summed E-state index contributed by atoms with van der Waals surface area (Å²) in [6.07, 6.45) is -3.73. The molecule has 0 aromatic heterocycles. The van der Waals surface area contributed by atoms with E-state index >= 15 is 0 Å². The third-order valence-electron chi connectivity index (χ3n) is 3.66. The molecule has 138 valence electrons. The number of fused-ring (bicyclic) bond motifs is 1. The van der Waals surface area contributed by atoms with E-state index in [1.165, 1.54) is 0 Å². The Bertz CT molecular complexity index is 650. The van der Waals surface area contributed by atoms with Gasteiger partial charge in [-0.2, -0.15) is 13.2 Å². The van der Waals surface area contributed by atoms with Crippen LogP contribution in [0.1, 0.15) is 12.8 Å². The number of benzene rings is 1. The second kappa shape index (κ2) is 6.62. The Hall–Kier alpha value is -1.58. The summed E-state index contributed by atoms with van der Waals surface area (Å²) < 4.78 is 55.5. The number of ether oxygens (including phenoxy) is 3. The number of hydrogen-bond acceptors (Lipinski definition) is 4. The summed E-state index contributed by atoms with van der Waals surface area (Å²) in [4.78, 5) is 11.9. The molecule has 11 heteroatoms. The Morgan fingerprint density at radius 2 is 1.84 bits per heavy atom. The molecule has 1 aromatic carbocycles. The topological polar surface area (TPSA) is 68.8 Å². The minimum atomic E-state index is -5.06. The maximum absolute atomic E-state index is 13.5. The summed E-state index contributed by atoms with van der Waals surface area (Å²) in [5, 5.41) is 3.97. The molecule has 6 nitrogen and oxygen atoms in total. The van der Waals surface area contributed by atoms with Gasteiger partial charge in [0.2, 0.25) is 0 Å². The maximum Gasteiger partial charge on any atom is 0.492 e. The fourth-order valence-electron chi connectivity index (χ4n) is 2.44. The van der Waals surface area contributed by atoms with Crippen LogP contribution >= 0.6 is 23.2 Å². The zero-order valence-electron chi connectivity index (χ0n) is 12.6. The number of urea groups is 1. The van der Waals surface area contributed by atoms with Crippen LogP contribution in [0, 0.1) is 0 Å². The molecule has 0 radical (unpaired) electrons. The zero-order valence-corrected chi connectivity index (χ0v) is 14.1. The molecule has 2 aliphatic heterocycles. The second-order valence-corrected chi connectivity index (χ2v) is 6.32. The second-order valence-electron chi connectivity index (χ2n) is 5.50. The third kappa shape index (κ3) is 3.68. The molecule has 2 aliphatic rings. The van der Waals surface area contributed by atoms with Gasteiger partial charge in [0, 0.05) is 25.3 Å². The van der Waals surface area contributed by atoms with Crippen LogP contribution in [-0.4, -0.2) is 37.4 Å². The molecule has 0 unspecified atom stereocenters. The number of amides is 2. The first kappa shape index (κ1) is 18.2. The van der Waals surface area contributed by atoms with Gasteiger partial charge in [-0.15, -0.1) is 0 Å². The molecule has 2 N–H and O–H groups in total. The van der Waals surface area contributed by atoms with Crippen LogP contribution in [0.15, 0.2) is 12.1 Å². The molecule has 3 rings (SSSR count). The van der Waals surface area contributed by atoms with Gasteiger partial charge < -0.3 is 19.5 Å². The molecule has 2 heterocycles. The molecule has 0 aliphatic carbocycles. The lowest BCUT2D eigenvalue weighted by molar-refractivity contribution is -0.317. The smallest absolute Gasteiger partial charge is 0.424 e. The van der Waals surface area contributed by atoms with E-state index in [9.17, 15) is 18.0 Å². The van der Waals surface area contributed by atoms with E-state index < -0.39 is 18.1 Å². The highest BCUT2D eigenvalue weighted by molar-refractivity contribution is 6.42. The Balaban J connectivity index is 1.73. The normalized spacial score (nSPS) is 21.2. The summed E-state index contributed by atoms with van der Waals surface area (Å²) in [6.45, 7) is 0.633. The predicted molar refractivity (Wildman–Crippen MR) is 82.0 cm³/mol. The van der Waals surface area contributed by atoms with Crippen molar-refractivity contribution < 1.29 is 32.2 Å². The minimum Gasteiger partial charge on any atom is -0.424 e. The first-order chi connectivity index (χ1) is 11.7. The van der Waals surface area contributed by atoms with Gasteiger partial charge >= 0.3 is 18.1 Å². The number of alkyl halides is 3. The summed E-state index contributed by atoms with van der Waals surface area (Å²) in [5.41, 5.74) is 0. The van der Waals surface area contributed by atoms with E-state index in [0.717, 1.165) is 25.0 Å². The summed E-state index contributed by atoms with van der Waals surface area (Å²) >= 11 is 11.5. The lowest BCUT2D eigenvalue weighted by Gasteiger charge is -2.29. The van der Waals surface area contributed by atoms with Crippen LogP contribution in [0.5, 0.6) is 11.5 Å². The van der Waals surface area contributed by atoms with Gasteiger partial charge in [0.15, 0.2) is 11.5 Å². The standard InChI is InChI=1S/C14H13Cl2F3N2O4/c15-8-4-10-11(5-9(8)16)25-14(24-10,13(17,18)19)21-12(22)20-6-7-2-1-3-23-7/h4-5,7H,1-3,6H2,(H2,20,21,22)/t7-/m0/s1. The number of hydrogen-bond donors (Lipinski definition) is 2. The molecule has 1 fully saturated rings. The van der Waals surface area contributed by atoms with Crippen molar-refractivity contribution in [1.82, 2.24) is 10.6 Å². The zero-order chi connectivity index (χ0) is 18.2. The van der Waals surface area contributed by atoms with Crippen molar-refractivity contribution in [3.8, 4) is 11.5 Å². The quantitative estimate of drug-likeness (QED) is 0.814. The average molecular weight is 401 g/mol. The Kier molecular flexibility index (Phi) is 4.82. The molecule has 0 spiro atoms. The average Bonchev–Trinajstić information content (AvgIpc) is 3.13. The van der Waals surface area contributed by atoms with E-state index in [1.807, 2.05) is 0 Å². The number of carbonyl (C=O) groups excluding carboxylic acids is 1. The molecule has 1 aromatic rings. The Morgan fingerprint density at radius 1 is 1.24 bits per heavy atom. The highest BCUT2D eigenvalue weighted by Gasteiger charge is 2.65. The SMILES string of the molecule is O=C(NC[C@@H]1CCCO1)NC1(C(F)(F)F)Oc2cc(Cl)c(Cl)cc2O1. The van der Waals surface area contributed by atoms with Crippen LogP contribution in [0.4, 0.5) is 18.0 Å². The minimum absolute atomic E-state index is 0.00942. The third-order valence-corrected chi connectivity index (χ3v) is 4.38. The summed E-state index contributed by atoms with van der Waals surface area (Å²) in [7, 11) is 0. The van der Waals surface area contributed by atoms with Gasteiger partial charge in [0.25, 0.3) is 0 Å². The Morgan fingerprint density at radius 3 is 2.32 bits per heavy atom. The number of rotatable bonds is 3. The van der Waals surface area contributed by atoms with E-state index in [1.54, 1.807) is 5.32 Å². The first-order valence-corrected chi connectivity index (χ1v) is 8.07. The maximum atomic E-state index is 13.5. The summed E-state index contributed by atoms with van der Waals surface area (Å²) in [5.74, 6) is -3.94. The van der Waals surface area contributed by atoms with Gasteiger partial charge in [0.05, 0.1) is 16.1 Å². The molecule has 2 amide bonds. The van der Waals surface area contributed by atoms with Gasteiger partial charge in [-0.3, -0.25) is 5.32 Å². The highest BCUT2D eigenvalue weighted by Crippen LogP contribution is 2.47. The monoisotopic (exact) mass is 400 g/mol. The van der Waals surface area contributed by atoms with Crippen LogP contribution in [-0.2, 0) is 4.74 Å². The van der Waals surface area contributed by atoms with E-state index in [0.29, 0.717) is 6.61 Å². The molecule has 0 saturated carbocycles. The summed E-state index contributed by atoms with van der Waals surface area (Å²) in [6, 6.07) is 1.05. The lowest BCUT2D eigenvalue weighted by Crippen LogP contribution is -2.66. The van der Waals surface area contributed by atoms with Gasteiger partial charge in [0.1, 0.15) is 0 Å². The van der Waals surface area contributed by atoms with E-state index in [4.69, 9.17) is 37.4 Å². The van der Waals surface area contributed by atoms with Crippen molar-refractivity contribution in [3.63, 3.8) is 0 Å². The van der Waals surface area contributed by atoms with Crippen molar-refractivity contribution in [2.75, 3.05) is 13.2 Å². The van der Waals surface area contributed by atoms with Gasteiger partial charge in [-0.25, -0.2) is 4.79 Å². The molecular formula is C14H13Cl2F3N2O4. The van der Waals surface area contributed by atoms with Crippen LogP contribution in [0.2, 0.25) is 10.0 Å². The van der Waals surface area contributed by atoms with Gasteiger partial charge in [-0.05, 0) is 12.8 Å². The largest absolute Gasteiger partial charge is 0.492 e. The van der Waals surface area contributed by atoms with Crippen molar-refractivity contribution in [3.05, 3.63) is 22.2 Å². The van der Waals surface area contributed by atoms with E-state index in [2.05, 4.69) is 5.32 Å². The number of carbonyl (C=O) groups is 1. The molecule has 1 atom stereocenters. The fraction of sp³-hybridized carbons (Fsp3) is 0.500.